The van der Waals surface area contributed by atoms with Crippen molar-refractivity contribution >= 4 is 53.0 Å². The van der Waals surface area contributed by atoms with Crippen LogP contribution in [0, 0.1) is 0 Å². The molecule has 0 aliphatic carbocycles. The second kappa shape index (κ2) is 8.99. The van der Waals surface area contributed by atoms with Gasteiger partial charge in [0.1, 0.15) is 17.1 Å². The van der Waals surface area contributed by atoms with Crippen molar-refractivity contribution in [1.29, 1.82) is 0 Å². The monoisotopic (exact) mass is 426 g/mol. The Morgan fingerprint density at radius 3 is 2.79 bits per heavy atom. The number of carbonyl (C=O) groups excluding carboxylic acids is 3. The highest BCUT2D eigenvalue weighted by atomic mass is 32.2. The van der Waals surface area contributed by atoms with E-state index in [0.29, 0.717) is 5.57 Å². The molecule has 150 valence electrons. The van der Waals surface area contributed by atoms with Crippen LogP contribution in [0.15, 0.2) is 33.9 Å². The molecule has 0 bridgehead atoms. The Labute approximate surface area is 168 Å². The lowest BCUT2D eigenvalue weighted by Crippen LogP contribution is -2.70. The maximum absolute atomic E-state index is 12.5. The molecule has 2 aliphatic heterocycles. The van der Waals surface area contributed by atoms with Crippen molar-refractivity contribution in [3.05, 3.63) is 33.7 Å². The molecule has 1 unspecified atom stereocenters. The highest BCUT2D eigenvalue weighted by molar-refractivity contribution is 8.00. The van der Waals surface area contributed by atoms with E-state index < -0.39 is 29.2 Å². The summed E-state index contributed by atoms with van der Waals surface area (Å²) in [4.78, 5) is 49.2. The molecule has 12 heteroatoms. The van der Waals surface area contributed by atoms with Gasteiger partial charge in [0.15, 0.2) is 0 Å². The quantitative estimate of drug-likeness (QED) is 0.311. The van der Waals surface area contributed by atoms with Crippen molar-refractivity contribution in [3.8, 4) is 0 Å². The van der Waals surface area contributed by atoms with Crippen LogP contribution in [0.1, 0.15) is 11.8 Å². The number of nitrogens with one attached hydrogen (secondary N) is 2. The zero-order valence-corrected chi connectivity index (χ0v) is 16.3. The molecule has 1 aromatic rings. The summed E-state index contributed by atoms with van der Waals surface area (Å²) < 4.78 is 0. The number of β-lactam (4-membered cyclic amide) rings is 1. The Morgan fingerprint density at radius 2 is 2.18 bits per heavy atom. The van der Waals surface area contributed by atoms with Gasteiger partial charge in [0.2, 0.25) is 11.8 Å². The number of nitrogens with zero attached hydrogens (tertiary/aromatic N) is 2. The van der Waals surface area contributed by atoms with Crippen LogP contribution in [0.5, 0.6) is 0 Å². The molecule has 3 heterocycles. The van der Waals surface area contributed by atoms with Crippen LogP contribution >= 0.6 is 23.1 Å². The maximum Gasteiger partial charge on any atom is 0.353 e. The summed E-state index contributed by atoms with van der Waals surface area (Å²) in [7, 11) is 0. The normalized spacial score (nSPS) is 20.9. The summed E-state index contributed by atoms with van der Waals surface area (Å²) in [5, 5.41) is 17.3. The van der Waals surface area contributed by atoms with Gasteiger partial charge in [0, 0.05) is 23.1 Å². The van der Waals surface area contributed by atoms with Gasteiger partial charge in [0.25, 0.3) is 5.91 Å². The first-order chi connectivity index (χ1) is 12.9. The Morgan fingerprint density at radius 1 is 1.43 bits per heavy atom. The summed E-state index contributed by atoms with van der Waals surface area (Å²) in [6.45, 7) is 1.28. The van der Waals surface area contributed by atoms with Crippen LogP contribution in [-0.2, 0) is 25.6 Å². The molecule has 2 atom stereocenters. The van der Waals surface area contributed by atoms with Gasteiger partial charge in [-0.3, -0.25) is 19.3 Å². The number of thioether (sulfide) groups is 1. The molecule has 0 aromatic carbocycles. The minimum absolute atomic E-state index is 0. The van der Waals surface area contributed by atoms with Gasteiger partial charge in [0.05, 0.1) is 12.6 Å². The first-order valence-electron chi connectivity index (χ1n) is 7.91. The number of carbonyl (C=O) groups is 4. The second-order valence-corrected chi connectivity index (χ2v) is 7.95. The third-order valence-electron chi connectivity index (χ3n) is 3.87. The third kappa shape index (κ3) is 4.40. The standard InChI is InChI=1S/C16H16N4O5S2.H2O/c1-8(21)19-17-6-9-7-27-15-12(14(23)20(15)13(9)16(24)25)18-11(22)5-10-3-2-4-26-10;/h2-4,6,12,15H,5,7H2,1H3,(H,18,22)(H,19,21)(H,24,25);1H2/t12?,15-;/m1./s1. The Kier molecular flexibility index (Phi) is 6.94. The number of hydrazone groups is 1. The molecule has 1 fully saturated rings. The van der Waals surface area contributed by atoms with Gasteiger partial charge in [-0.2, -0.15) is 5.10 Å². The van der Waals surface area contributed by atoms with Crippen molar-refractivity contribution in [1.82, 2.24) is 15.6 Å². The first kappa shape index (κ1) is 21.6. The molecule has 28 heavy (non-hydrogen) atoms. The zero-order valence-electron chi connectivity index (χ0n) is 14.7. The second-order valence-electron chi connectivity index (χ2n) is 5.82. The summed E-state index contributed by atoms with van der Waals surface area (Å²) in [6.07, 6.45) is 1.40. The van der Waals surface area contributed by atoms with Gasteiger partial charge < -0.3 is 15.9 Å². The highest BCUT2D eigenvalue weighted by Gasteiger charge is 2.54. The summed E-state index contributed by atoms with van der Waals surface area (Å²) in [6, 6.07) is 2.92. The molecule has 2 aliphatic rings. The van der Waals surface area contributed by atoms with Crippen molar-refractivity contribution in [2.75, 3.05) is 5.75 Å². The number of carboxylic acid groups (broad SMARTS) is 1. The van der Waals surface area contributed by atoms with Crippen LogP contribution in [0.2, 0.25) is 0 Å². The van der Waals surface area contributed by atoms with E-state index in [1.165, 1.54) is 36.2 Å². The van der Waals surface area contributed by atoms with Gasteiger partial charge in [-0.05, 0) is 11.4 Å². The number of thiophene rings is 1. The van der Waals surface area contributed by atoms with Gasteiger partial charge in [-0.15, -0.1) is 23.1 Å². The number of hydrogen-bond acceptors (Lipinski definition) is 7. The fourth-order valence-electron chi connectivity index (χ4n) is 2.74. The van der Waals surface area contributed by atoms with E-state index >= 15 is 0 Å². The first-order valence-corrected chi connectivity index (χ1v) is 9.84. The number of amides is 3. The Hall–Kier alpha value is -2.70. The molecule has 0 spiro atoms. The summed E-state index contributed by atoms with van der Waals surface area (Å²) in [5.41, 5.74) is 2.33. The molecule has 0 saturated carbocycles. The van der Waals surface area contributed by atoms with Crippen LogP contribution in [-0.4, -0.2) is 62.6 Å². The van der Waals surface area contributed by atoms with E-state index in [4.69, 9.17) is 0 Å². The van der Waals surface area contributed by atoms with Crippen LogP contribution in [0.3, 0.4) is 0 Å². The predicted molar refractivity (Wildman–Crippen MR) is 104 cm³/mol. The number of fused-ring (bicyclic) bond motifs is 1. The number of hydrogen-bond donors (Lipinski definition) is 3. The van der Waals surface area contributed by atoms with Crippen molar-refractivity contribution in [2.45, 2.75) is 24.8 Å². The van der Waals surface area contributed by atoms with Crippen LogP contribution in [0.4, 0.5) is 0 Å². The average Bonchev–Trinajstić information content (AvgIpc) is 3.11. The fraction of sp³-hybridized carbons (Fsp3) is 0.312. The zero-order chi connectivity index (χ0) is 19.6. The smallest absolute Gasteiger partial charge is 0.353 e. The predicted octanol–water partition coefficient (Wildman–Crippen LogP) is -0.674. The van der Waals surface area contributed by atoms with Gasteiger partial charge >= 0.3 is 5.97 Å². The molecule has 5 N–H and O–H groups in total. The van der Waals surface area contributed by atoms with E-state index in [0.717, 1.165) is 9.78 Å². The average molecular weight is 426 g/mol. The van der Waals surface area contributed by atoms with Crippen LogP contribution in [0.25, 0.3) is 0 Å². The maximum atomic E-state index is 12.5. The van der Waals surface area contributed by atoms with Gasteiger partial charge in [-0.25, -0.2) is 10.2 Å². The van der Waals surface area contributed by atoms with E-state index in [1.807, 2.05) is 17.5 Å². The summed E-state index contributed by atoms with van der Waals surface area (Å²) >= 11 is 2.78. The number of aliphatic carboxylic acids is 1. The molecule has 1 saturated heterocycles. The molecule has 3 rings (SSSR count). The largest absolute Gasteiger partial charge is 0.477 e. The summed E-state index contributed by atoms with van der Waals surface area (Å²) in [5.74, 6) is -2.12. The van der Waals surface area contributed by atoms with Crippen LogP contribution < -0.4 is 10.7 Å². The Balaban J connectivity index is 0.00000280. The lowest BCUT2D eigenvalue weighted by atomic mass is 10.0. The minimum Gasteiger partial charge on any atom is -0.477 e. The lowest BCUT2D eigenvalue weighted by Gasteiger charge is -2.49. The minimum atomic E-state index is -1.26. The van der Waals surface area contributed by atoms with Crippen molar-refractivity contribution in [2.24, 2.45) is 5.10 Å². The molecular formula is C16H18N4O6S2. The lowest BCUT2D eigenvalue weighted by molar-refractivity contribution is -0.150. The molecule has 0 radical (unpaired) electrons. The molecular weight excluding hydrogens is 408 g/mol. The van der Waals surface area contributed by atoms with E-state index in [-0.39, 0.29) is 29.3 Å². The van der Waals surface area contributed by atoms with Crippen molar-refractivity contribution < 1.29 is 29.8 Å². The highest BCUT2D eigenvalue weighted by Crippen LogP contribution is 2.39. The topological polar surface area (TPSA) is 160 Å². The number of rotatable bonds is 6. The van der Waals surface area contributed by atoms with E-state index in [9.17, 15) is 24.3 Å². The molecule has 10 nitrogen and oxygen atoms in total. The Bertz CT molecular complexity index is 851. The molecule has 1 aromatic heterocycles. The fourth-order valence-corrected chi connectivity index (χ4v) is 4.74. The SMILES string of the molecule is CC(=O)NN=CC1=C(C(=O)O)N2C(=O)C(NC(=O)Cc3cccs3)[C@H]2SC1.O. The van der Waals surface area contributed by atoms with Gasteiger partial charge in [-0.1, -0.05) is 6.07 Å². The number of carboxylic acids is 1. The molecule has 3 amide bonds. The third-order valence-corrected chi connectivity index (χ3v) is 6.05. The van der Waals surface area contributed by atoms with Crippen molar-refractivity contribution in [3.63, 3.8) is 0 Å². The van der Waals surface area contributed by atoms with E-state index in [2.05, 4.69) is 15.8 Å². The van der Waals surface area contributed by atoms with E-state index in [1.54, 1.807) is 0 Å².